The number of aromatic nitrogens is 1. The molecule has 1 aliphatic heterocycles. The number of aromatic carboxylic acids is 1. The third kappa shape index (κ3) is 3.92. The lowest BCUT2D eigenvalue weighted by molar-refractivity contribution is -0.113. The number of benzene rings is 2. The van der Waals surface area contributed by atoms with Crippen molar-refractivity contribution in [3.63, 3.8) is 0 Å². The maximum Gasteiger partial charge on any atom is 0.337 e. The first-order valence-corrected chi connectivity index (χ1v) is 10.9. The zero-order chi connectivity index (χ0) is 22.3. The molecule has 2 aromatic carbocycles. The fourth-order valence-electron chi connectivity index (χ4n) is 3.56. The molecule has 4 rings (SSSR count). The number of carbonyl (C=O) groups excluding carboxylic acids is 1. The monoisotopic (exact) mass is 468 g/mol. The zero-order valence-corrected chi connectivity index (χ0v) is 19.0. The Balaban J connectivity index is 1.73. The van der Waals surface area contributed by atoms with Crippen molar-refractivity contribution in [1.29, 1.82) is 0 Å². The van der Waals surface area contributed by atoms with Gasteiger partial charge >= 0.3 is 5.97 Å². The standard InChI is InChI=1S/C23H17ClN2O3S2/c1-13-10-15(14(2)25(13)17-8-9-19(24)18(12-17)22(28)29)11-20-21(27)26(23(30)31-20)16-6-4-3-5-7-16/h3-12H,1-2H3,(H,28,29)/b20-11+. The molecule has 1 saturated heterocycles. The van der Waals surface area contributed by atoms with Crippen molar-refractivity contribution in [3.8, 4) is 5.69 Å². The van der Waals surface area contributed by atoms with Crippen molar-refractivity contribution in [2.75, 3.05) is 4.90 Å². The van der Waals surface area contributed by atoms with Crippen LogP contribution in [0.4, 0.5) is 5.69 Å². The number of carboxylic acid groups (broad SMARTS) is 1. The van der Waals surface area contributed by atoms with Crippen LogP contribution in [0.1, 0.15) is 27.3 Å². The summed E-state index contributed by atoms with van der Waals surface area (Å²) >= 11 is 12.7. The molecular weight excluding hydrogens is 452 g/mol. The average molecular weight is 469 g/mol. The number of rotatable bonds is 4. The number of amides is 1. The van der Waals surface area contributed by atoms with Crippen molar-refractivity contribution >= 4 is 63.5 Å². The summed E-state index contributed by atoms with van der Waals surface area (Å²) in [5.74, 6) is -1.25. The van der Waals surface area contributed by atoms with Crippen LogP contribution in [0.5, 0.6) is 0 Å². The summed E-state index contributed by atoms with van der Waals surface area (Å²) in [6.45, 7) is 3.85. The Labute approximate surface area is 193 Å². The molecule has 0 saturated carbocycles. The van der Waals surface area contributed by atoms with E-state index in [-0.39, 0.29) is 16.5 Å². The minimum atomic E-state index is -1.08. The highest BCUT2D eigenvalue weighted by Crippen LogP contribution is 2.37. The van der Waals surface area contributed by atoms with Gasteiger partial charge in [-0.2, -0.15) is 0 Å². The average Bonchev–Trinajstić information content (AvgIpc) is 3.17. The molecule has 0 bridgehead atoms. The van der Waals surface area contributed by atoms with Crippen molar-refractivity contribution in [3.05, 3.63) is 87.0 Å². The highest BCUT2D eigenvalue weighted by atomic mass is 35.5. The smallest absolute Gasteiger partial charge is 0.337 e. The number of anilines is 1. The lowest BCUT2D eigenvalue weighted by atomic mass is 10.2. The third-order valence-electron chi connectivity index (χ3n) is 5.00. The molecule has 0 aliphatic carbocycles. The van der Waals surface area contributed by atoms with Crippen LogP contribution >= 0.6 is 35.6 Å². The normalized spacial score (nSPS) is 15.2. The first-order valence-electron chi connectivity index (χ1n) is 9.33. The number of para-hydroxylation sites is 1. The molecule has 5 nitrogen and oxygen atoms in total. The van der Waals surface area contributed by atoms with Crippen LogP contribution in [0.3, 0.4) is 0 Å². The molecule has 1 amide bonds. The van der Waals surface area contributed by atoms with E-state index in [1.165, 1.54) is 16.7 Å². The Morgan fingerprint density at radius 3 is 2.48 bits per heavy atom. The van der Waals surface area contributed by atoms with Gasteiger partial charge < -0.3 is 9.67 Å². The number of aryl methyl sites for hydroxylation is 1. The molecule has 0 unspecified atom stereocenters. The highest BCUT2D eigenvalue weighted by molar-refractivity contribution is 8.27. The van der Waals surface area contributed by atoms with Crippen LogP contribution in [0.25, 0.3) is 11.8 Å². The maximum absolute atomic E-state index is 13.0. The van der Waals surface area contributed by atoms with E-state index >= 15 is 0 Å². The number of thiocarbonyl (C=S) groups is 1. The van der Waals surface area contributed by atoms with E-state index in [0.29, 0.717) is 14.9 Å². The van der Waals surface area contributed by atoms with Gasteiger partial charge in [-0.05, 0) is 61.9 Å². The van der Waals surface area contributed by atoms with Gasteiger partial charge in [-0.3, -0.25) is 9.69 Å². The fourth-order valence-corrected chi connectivity index (χ4v) is 5.04. The van der Waals surface area contributed by atoms with Crippen molar-refractivity contribution in [2.45, 2.75) is 13.8 Å². The molecule has 1 N–H and O–H groups in total. The van der Waals surface area contributed by atoms with Crippen LogP contribution in [0.15, 0.2) is 59.5 Å². The second kappa shape index (κ2) is 8.34. The van der Waals surface area contributed by atoms with Gasteiger partial charge in [0.2, 0.25) is 0 Å². The number of carboxylic acids is 1. The maximum atomic E-state index is 13.0. The van der Waals surface area contributed by atoms with Gasteiger partial charge in [0, 0.05) is 17.1 Å². The molecule has 0 atom stereocenters. The van der Waals surface area contributed by atoms with Crippen LogP contribution in [0, 0.1) is 13.8 Å². The molecule has 156 valence electrons. The summed E-state index contributed by atoms with van der Waals surface area (Å²) in [5, 5.41) is 9.57. The first-order chi connectivity index (χ1) is 14.8. The number of thioether (sulfide) groups is 1. The van der Waals surface area contributed by atoms with E-state index in [1.54, 1.807) is 18.2 Å². The SMILES string of the molecule is Cc1cc(/C=C2/SC(=S)N(c3ccccc3)C2=O)c(C)n1-c1ccc(Cl)c(C(=O)O)c1. The summed E-state index contributed by atoms with van der Waals surface area (Å²) in [7, 11) is 0. The fraction of sp³-hybridized carbons (Fsp3) is 0.0870. The summed E-state index contributed by atoms with van der Waals surface area (Å²) in [5.41, 5.74) is 4.10. The molecule has 0 spiro atoms. The number of hydrogen-bond acceptors (Lipinski definition) is 4. The Hall–Kier alpha value is -2.87. The van der Waals surface area contributed by atoms with Crippen molar-refractivity contribution in [1.82, 2.24) is 4.57 Å². The van der Waals surface area contributed by atoms with Gasteiger partial charge in [-0.25, -0.2) is 4.79 Å². The number of carbonyl (C=O) groups is 2. The third-order valence-corrected chi connectivity index (χ3v) is 6.64. The first kappa shape index (κ1) is 21.4. The quantitative estimate of drug-likeness (QED) is 0.384. The predicted molar refractivity (Wildman–Crippen MR) is 129 cm³/mol. The summed E-state index contributed by atoms with van der Waals surface area (Å²) in [4.78, 5) is 26.5. The van der Waals surface area contributed by atoms with E-state index in [2.05, 4.69) is 0 Å². The Bertz CT molecular complexity index is 1270. The molecule has 3 aromatic rings. The van der Waals surface area contributed by atoms with Crippen LogP contribution in [0.2, 0.25) is 5.02 Å². The Kier molecular flexibility index (Phi) is 5.75. The lowest BCUT2D eigenvalue weighted by Gasteiger charge is -2.13. The molecule has 1 aliphatic rings. The van der Waals surface area contributed by atoms with E-state index in [0.717, 1.165) is 22.6 Å². The van der Waals surface area contributed by atoms with Gasteiger partial charge in [-0.1, -0.05) is 53.8 Å². The molecular formula is C23H17ClN2O3S2. The zero-order valence-electron chi connectivity index (χ0n) is 16.6. The summed E-state index contributed by atoms with van der Waals surface area (Å²) < 4.78 is 2.42. The molecule has 8 heteroatoms. The van der Waals surface area contributed by atoms with E-state index in [9.17, 15) is 14.7 Å². The van der Waals surface area contributed by atoms with E-state index < -0.39 is 5.97 Å². The molecule has 1 fully saturated rings. The highest BCUT2D eigenvalue weighted by Gasteiger charge is 2.33. The van der Waals surface area contributed by atoms with Gasteiger partial charge in [0.15, 0.2) is 4.32 Å². The molecule has 31 heavy (non-hydrogen) atoms. The largest absolute Gasteiger partial charge is 0.478 e. The number of halogens is 1. The second-order valence-corrected chi connectivity index (χ2v) is 9.07. The van der Waals surface area contributed by atoms with E-state index in [4.69, 9.17) is 23.8 Å². The number of nitrogens with zero attached hydrogens (tertiary/aromatic N) is 2. The Morgan fingerprint density at radius 2 is 1.81 bits per heavy atom. The van der Waals surface area contributed by atoms with Gasteiger partial charge in [0.25, 0.3) is 5.91 Å². The van der Waals surface area contributed by atoms with Gasteiger partial charge in [0.05, 0.1) is 21.2 Å². The summed E-state index contributed by atoms with van der Waals surface area (Å²) in [6, 6.07) is 16.2. The summed E-state index contributed by atoms with van der Waals surface area (Å²) in [6.07, 6.45) is 1.83. The van der Waals surface area contributed by atoms with Crippen LogP contribution in [-0.2, 0) is 4.79 Å². The number of hydrogen-bond donors (Lipinski definition) is 1. The van der Waals surface area contributed by atoms with E-state index in [1.807, 2.05) is 60.9 Å². The minimum Gasteiger partial charge on any atom is -0.478 e. The van der Waals surface area contributed by atoms with Crippen LogP contribution < -0.4 is 4.90 Å². The predicted octanol–water partition coefficient (Wildman–Crippen LogP) is 5.85. The topological polar surface area (TPSA) is 62.5 Å². The lowest BCUT2D eigenvalue weighted by Crippen LogP contribution is -2.27. The van der Waals surface area contributed by atoms with Crippen molar-refractivity contribution in [2.24, 2.45) is 0 Å². The molecule has 2 heterocycles. The second-order valence-electron chi connectivity index (χ2n) is 6.98. The van der Waals surface area contributed by atoms with Gasteiger partial charge in [-0.15, -0.1) is 0 Å². The molecule has 1 aromatic heterocycles. The van der Waals surface area contributed by atoms with Crippen molar-refractivity contribution < 1.29 is 14.7 Å². The Morgan fingerprint density at radius 1 is 1.10 bits per heavy atom. The van der Waals surface area contributed by atoms with Crippen LogP contribution in [-0.4, -0.2) is 25.9 Å². The van der Waals surface area contributed by atoms with Gasteiger partial charge in [0.1, 0.15) is 0 Å². The molecule has 0 radical (unpaired) electrons. The minimum absolute atomic E-state index is 0.0388.